The number of rotatable bonds is 6. The lowest BCUT2D eigenvalue weighted by molar-refractivity contribution is 0.0976. The Morgan fingerprint density at radius 3 is 2.90 bits per heavy atom. The van der Waals surface area contributed by atoms with Crippen LogP contribution in [0.4, 0.5) is 10.2 Å². The zero-order chi connectivity index (χ0) is 20.8. The quantitative estimate of drug-likeness (QED) is 0.305. The topological polar surface area (TPSA) is 91.4 Å². The maximum Gasteiger partial charge on any atom is 0.258 e. The maximum absolute atomic E-state index is 13.9. The summed E-state index contributed by atoms with van der Waals surface area (Å²) in [5.74, 6) is -0.568. The van der Waals surface area contributed by atoms with Gasteiger partial charge in [0.25, 0.3) is 5.91 Å². The van der Waals surface area contributed by atoms with Crippen molar-refractivity contribution in [2.45, 2.75) is 6.92 Å². The molecule has 0 spiro atoms. The second-order valence-corrected chi connectivity index (χ2v) is 6.74. The third-order valence-corrected chi connectivity index (χ3v) is 4.39. The molecular weight excluding hydrogens is 420 g/mol. The van der Waals surface area contributed by atoms with Crippen LogP contribution in [-0.4, -0.2) is 41.8 Å². The summed E-state index contributed by atoms with van der Waals surface area (Å²) in [4.78, 5) is 16.9. The first kappa shape index (κ1) is 21.0. The predicted molar refractivity (Wildman–Crippen MR) is 112 cm³/mol. The lowest BCUT2D eigenvalue weighted by Gasteiger charge is -2.11. The summed E-state index contributed by atoms with van der Waals surface area (Å²) < 4.78 is 19.1. The van der Waals surface area contributed by atoms with Gasteiger partial charge < -0.3 is 10.1 Å². The third kappa shape index (κ3) is 5.44. The molecule has 0 aliphatic rings. The molecule has 0 bridgehead atoms. The normalized spacial score (nSPS) is 11.7. The summed E-state index contributed by atoms with van der Waals surface area (Å²) in [6.07, 6.45) is 0. The third-order valence-electron chi connectivity index (χ3n) is 3.87. The fourth-order valence-corrected chi connectivity index (χ4v) is 2.86. The standard InChI is InChI=1S/C19H18Cl2FN5O2/c1-2-29-7-6-23-19(25-18(28)11-4-3-5-12(20)8-11)24-17-13-9-15(22)14(21)10-16(13)26-27-17/h3-5,8-10H,2,6-7H2,1H3,(H3,23,24,25,26,27,28). The van der Waals surface area contributed by atoms with Gasteiger partial charge in [-0.2, -0.15) is 5.10 Å². The Bertz CT molecular complexity index is 1050. The average molecular weight is 438 g/mol. The molecule has 0 saturated heterocycles. The minimum atomic E-state index is -0.582. The summed E-state index contributed by atoms with van der Waals surface area (Å²) in [7, 11) is 0. The molecule has 29 heavy (non-hydrogen) atoms. The van der Waals surface area contributed by atoms with Crippen molar-refractivity contribution in [3.63, 3.8) is 0 Å². The first-order valence-electron chi connectivity index (χ1n) is 8.77. The van der Waals surface area contributed by atoms with Crippen LogP contribution in [0.3, 0.4) is 0 Å². The Balaban J connectivity index is 1.84. The molecule has 1 aromatic heterocycles. The molecule has 10 heteroatoms. The van der Waals surface area contributed by atoms with Crippen LogP contribution in [0.5, 0.6) is 0 Å². The molecule has 0 unspecified atom stereocenters. The second-order valence-electron chi connectivity index (χ2n) is 5.90. The Labute approximate surface area is 176 Å². The molecule has 0 fully saturated rings. The van der Waals surface area contributed by atoms with E-state index in [1.54, 1.807) is 18.2 Å². The summed E-state index contributed by atoms with van der Waals surface area (Å²) >= 11 is 11.8. The fourth-order valence-electron chi connectivity index (χ4n) is 2.51. The number of hydrogen-bond acceptors (Lipinski definition) is 4. The molecule has 0 atom stereocenters. The van der Waals surface area contributed by atoms with Crippen LogP contribution in [0.25, 0.3) is 10.9 Å². The van der Waals surface area contributed by atoms with Crippen molar-refractivity contribution in [1.29, 1.82) is 0 Å². The van der Waals surface area contributed by atoms with E-state index in [9.17, 15) is 9.18 Å². The number of anilines is 1. The minimum absolute atomic E-state index is 0.0208. The van der Waals surface area contributed by atoms with Gasteiger partial charge >= 0.3 is 0 Å². The van der Waals surface area contributed by atoms with Gasteiger partial charge in [-0.1, -0.05) is 29.3 Å². The highest BCUT2D eigenvalue weighted by atomic mass is 35.5. The van der Waals surface area contributed by atoms with Gasteiger partial charge in [-0.25, -0.2) is 4.39 Å². The van der Waals surface area contributed by atoms with Gasteiger partial charge in [0.15, 0.2) is 5.82 Å². The molecule has 3 aromatic rings. The fraction of sp³-hybridized carbons (Fsp3) is 0.211. The van der Waals surface area contributed by atoms with Gasteiger partial charge in [0.2, 0.25) is 5.96 Å². The molecule has 1 heterocycles. The van der Waals surface area contributed by atoms with Gasteiger partial charge in [-0.05, 0) is 37.3 Å². The lowest BCUT2D eigenvalue weighted by Crippen LogP contribution is -2.36. The summed E-state index contributed by atoms with van der Waals surface area (Å²) in [5, 5.41) is 13.3. The van der Waals surface area contributed by atoms with E-state index in [-0.39, 0.29) is 16.8 Å². The highest BCUT2D eigenvalue weighted by Gasteiger charge is 2.14. The largest absolute Gasteiger partial charge is 0.380 e. The van der Waals surface area contributed by atoms with E-state index in [1.807, 2.05) is 6.92 Å². The van der Waals surface area contributed by atoms with Crippen LogP contribution >= 0.6 is 23.2 Å². The average Bonchev–Trinajstić information content (AvgIpc) is 3.07. The number of aromatic nitrogens is 2. The number of amides is 1. The number of carbonyl (C=O) groups is 1. The highest BCUT2D eigenvalue weighted by molar-refractivity contribution is 6.31. The summed E-state index contributed by atoms with van der Waals surface area (Å²) in [5.41, 5.74) is 0.898. The molecule has 0 saturated carbocycles. The van der Waals surface area contributed by atoms with Gasteiger partial charge in [0.05, 0.1) is 23.7 Å². The number of hydrogen-bond donors (Lipinski definition) is 3. The van der Waals surface area contributed by atoms with E-state index in [0.29, 0.717) is 41.2 Å². The number of nitrogens with one attached hydrogen (secondary N) is 3. The van der Waals surface area contributed by atoms with Crippen molar-refractivity contribution in [3.8, 4) is 0 Å². The summed E-state index contributed by atoms with van der Waals surface area (Å²) in [6, 6.07) is 9.19. The van der Waals surface area contributed by atoms with E-state index >= 15 is 0 Å². The molecule has 0 aliphatic heterocycles. The van der Waals surface area contributed by atoms with Crippen LogP contribution in [0.1, 0.15) is 17.3 Å². The van der Waals surface area contributed by atoms with E-state index in [0.717, 1.165) is 0 Å². The zero-order valence-corrected chi connectivity index (χ0v) is 16.9. The lowest BCUT2D eigenvalue weighted by atomic mass is 10.2. The molecule has 2 aromatic carbocycles. The number of ether oxygens (including phenoxy) is 1. The van der Waals surface area contributed by atoms with Gasteiger partial charge in [-0.3, -0.25) is 20.2 Å². The number of guanidine groups is 1. The van der Waals surface area contributed by atoms with Gasteiger partial charge in [0, 0.05) is 22.6 Å². The number of nitrogens with zero attached hydrogens (tertiary/aromatic N) is 2. The van der Waals surface area contributed by atoms with E-state index in [4.69, 9.17) is 27.9 Å². The minimum Gasteiger partial charge on any atom is -0.380 e. The number of aliphatic imine (C=N–C) groups is 1. The Kier molecular flexibility index (Phi) is 7.03. The van der Waals surface area contributed by atoms with E-state index in [1.165, 1.54) is 18.2 Å². The molecule has 0 radical (unpaired) electrons. The second kappa shape index (κ2) is 9.69. The van der Waals surface area contributed by atoms with Crippen LogP contribution < -0.4 is 10.6 Å². The Hall–Kier alpha value is -2.68. The number of H-pyrrole nitrogens is 1. The van der Waals surface area contributed by atoms with Crippen LogP contribution in [0.2, 0.25) is 10.0 Å². The summed E-state index contributed by atoms with van der Waals surface area (Å²) in [6.45, 7) is 3.10. The van der Waals surface area contributed by atoms with Crippen LogP contribution in [0, 0.1) is 5.82 Å². The highest BCUT2D eigenvalue weighted by Crippen LogP contribution is 2.26. The maximum atomic E-state index is 13.9. The van der Waals surface area contributed by atoms with Crippen molar-refractivity contribution < 1.29 is 13.9 Å². The SMILES string of the molecule is CCOCCN=C(NC(=O)c1cccc(Cl)c1)Nc1n[nH]c2cc(Cl)c(F)cc12. The van der Waals surface area contributed by atoms with Gasteiger partial charge in [0.1, 0.15) is 5.82 Å². The number of aromatic amines is 1. The van der Waals surface area contributed by atoms with Gasteiger partial charge in [-0.15, -0.1) is 0 Å². The molecule has 152 valence electrons. The first-order valence-corrected chi connectivity index (χ1v) is 9.52. The van der Waals surface area contributed by atoms with Crippen molar-refractivity contribution in [1.82, 2.24) is 15.5 Å². The van der Waals surface area contributed by atoms with Crippen LogP contribution in [-0.2, 0) is 4.74 Å². The number of halogens is 3. The smallest absolute Gasteiger partial charge is 0.258 e. The molecule has 7 nitrogen and oxygen atoms in total. The number of carbonyl (C=O) groups excluding carboxylic acids is 1. The van der Waals surface area contributed by atoms with Crippen molar-refractivity contribution in [3.05, 3.63) is 57.8 Å². The predicted octanol–water partition coefficient (Wildman–Crippen LogP) is 4.24. The number of benzene rings is 2. The molecule has 1 amide bonds. The molecule has 3 N–H and O–H groups in total. The van der Waals surface area contributed by atoms with Crippen molar-refractivity contribution in [2.24, 2.45) is 4.99 Å². The van der Waals surface area contributed by atoms with E-state index in [2.05, 4.69) is 25.8 Å². The van der Waals surface area contributed by atoms with Crippen molar-refractivity contribution >= 4 is 51.8 Å². The van der Waals surface area contributed by atoms with Crippen molar-refractivity contribution in [2.75, 3.05) is 25.1 Å². The zero-order valence-electron chi connectivity index (χ0n) is 15.4. The number of fused-ring (bicyclic) bond motifs is 1. The monoisotopic (exact) mass is 437 g/mol. The Morgan fingerprint density at radius 1 is 1.31 bits per heavy atom. The van der Waals surface area contributed by atoms with E-state index < -0.39 is 11.7 Å². The first-order chi connectivity index (χ1) is 14.0. The van der Waals surface area contributed by atoms with Crippen LogP contribution in [0.15, 0.2) is 41.4 Å². The Morgan fingerprint density at radius 2 is 2.14 bits per heavy atom. The molecule has 3 rings (SSSR count). The molecular formula is C19H18Cl2FN5O2. The molecule has 0 aliphatic carbocycles.